The number of para-hydroxylation sites is 1. The largest absolute Gasteiger partial charge is 0.321 e. The van der Waals surface area contributed by atoms with Gasteiger partial charge in [-0.2, -0.15) is 0 Å². The Morgan fingerprint density at radius 3 is 2.56 bits per heavy atom. The normalized spacial score (nSPS) is 15.0. The number of hydrogen-bond donors (Lipinski definition) is 2. The number of rotatable bonds is 7. The van der Waals surface area contributed by atoms with Gasteiger partial charge in [-0.15, -0.1) is 0 Å². The molecule has 0 radical (unpaired) electrons. The van der Waals surface area contributed by atoms with Crippen LogP contribution in [0.2, 0.25) is 0 Å². The number of quaternary nitrogens is 1. The van der Waals surface area contributed by atoms with Crippen LogP contribution in [0.15, 0.2) is 42.5 Å². The van der Waals surface area contributed by atoms with Gasteiger partial charge in [0.25, 0.3) is 5.91 Å². The first-order chi connectivity index (χ1) is 12.1. The topological polar surface area (TPSA) is 33.5 Å². The van der Waals surface area contributed by atoms with Crippen molar-refractivity contribution in [2.45, 2.75) is 45.7 Å². The highest BCUT2D eigenvalue weighted by Crippen LogP contribution is 2.21. The van der Waals surface area contributed by atoms with Crippen LogP contribution in [0.1, 0.15) is 36.5 Å². The first kappa shape index (κ1) is 17.6. The van der Waals surface area contributed by atoms with Gasteiger partial charge in [-0.05, 0) is 36.6 Å². The summed E-state index contributed by atoms with van der Waals surface area (Å²) in [6, 6.07) is 13.3. The average molecular weight is 341 g/mol. The Morgan fingerprint density at radius 2 is 1.92 bits per heavy atom. The van der Waals surface area contributed by atoms with Crippen molar-refractivity contribution >= 4 is 11.6 Å². The van der Waals surface area contributed by atoms with E-state index in [4.69, 9.17) is 0 Å². The molecular weight excluding hydrogens is 315 g/mol. The van der Waals surface area contributed by atoms with E-state index in [1.54, 1.807) is 0 Å². The van der Waals surface area contributed by atoms with Crippen molar-refractivity contribution in [2.24, 2.45) is 0 Å². The maximum atomic E-state index is 13.1. The van der Waals surface area contributed by atoms with E-state index < -0.39 is 0 Å². The Hall–Kier alpha value is -2.20. The van der Waals surface area contributed by atoms with Crippen LogP contribution in [0.4, 0.5) is 10.1 Å². The van der Waals surface area contributed by atoms with Gasteiger partial charge in [0.1, 0.15) is 12.4 Å². The molecule has 0 bridgehead atoms. The van der Waals surface area contributed by atoms with Crippen LogP contribution in [-0.4, -0.2) is 18.5 Å². The Morgan fingerprint density at radius 1 is 1.20 bits per heavy atom. The lowest BCUT2D eigenvalue weighted by Crippen LogP contribution is -3.13. The molecule has 1 saturated carbocycles. The Labute approximate surface area is 148 Å². The summed E-state index contributed by atoms with van der Waals surface area (Å²) >= 11 is 0. The van der Waals surface area contributed by atoms with Crippen LogP contribution < -0.4 is 10.2 Å². The van der Waals surface area contributed by atoms with Gasteiger partial charge in [-0.3, -0.25) is 4.79 Å². The van der Waals surface area contributed by atoms with Crippen molar-refractivity contribution < 1.29 is 14.1 Å². The molecule has 0 saturated heterocycles. The molecule has 1 atom stereocenters. The summed E-state index contributed by atoms with van der Waals surface area (Å²) in [5, 5.41) is 3.12. The molecule has 1 aliphatic carbocycles. The van der Waals surface area contributed by atoms with Crippen molar-refractivity contribution in [2.75, 3.05) is 11.9 Å². The molecule has 0 spiro atoms. The van der Waals surface area contributed by atoms with Crippen molar-refractivity contribution in [3.05, 3.63) is 65.0 Å². The summed E-state index contributed by atoms with van der Waals surface area (Å²) in [6.07, 6.45) is 3.22. The summed E-state index contributed by atoms with van der Waals surface area (Å²) in [4.78, 5) is 13.9. The Bertz CT molecular complexity index is 738. The third-order valence-corrected chi connectivity index (χ3v) is 4.89. The monoisotopic (exact) mass is 341 g/mol. The minimum absolute atomic E-state index is 0.0491. The van der Waals surface area contributed by atoms with E-state index in [0.717, 1.165) is 42.6 Å². The molecule has 2 aromatic carbocycles. The second-order valence-corrected chi connectivity index (χ2v) is 6.92. The predicted octanol–water partition coefficient (Wildman–Crippen LogP) is 2.88. The zero-order chi connectivity index (χ0) is 17.8. The third kappa shape index (κ3) is 4.67. The van der Waals surface area contributed by atoms with Crippen molar-refractivity contribution in [3.8, 4) is 0 Å². The average Bonchev–Trinajstić information content (AvgIpc) is 3.43. The number of carbonyl (C=O) groups excluding carboxylic acids is 1. The number of hydrogen-bond acceptors (Lipinski definition) is 1. The molecule has 0 heterocycles. The molecule has 4 heteroatoms. The van der Waals surface area contributed by atoms with Gasteiger partial charge in [0, 0.05) is 24.1 Å². The van der Waals surface area contributed by atoms with E-state index in [1.807, 2.05) is 31.2 Å². The highest BCUT2D eigenvalue weighted by molar-refractivity contribution is 5.93. The van der Waals surface area contributed by atoms with E-state index in [9.17, 15) is 9.18 Å². The van der Waals surface area contributed by atoms with E-state index in [0.29, 0.717) is 12.6 Å². The maximum absolute atomic E-state index is 13.1. The summed E-state index contributed by atoms with van der Waals surface area (Å²) in [6.45, 7) is 5.33. The first-order valence-electron chi connectivity index (χ1n) is 9.04. The molecule has 3 nitrogen and oxygen atoms in total. The van der Waals surface area contributed by atoms with Gasteiger partial charge in [-0.25, -0.2) is 4.39 Å². The number of nitrogens with one attached hydrogen (secondary N) is 2. The summed E-state index contributed by atoms with van der Waals surface area (Å²) < 4.78 is 13.1. The van der Waals surface area contributed by atoms with E-state index in [-0.39, 0.29) is 11.7 Å². The van der Waals surface area contributed by atoms with Crippen molar-refractivity contribution in [3.63, 3.8) is 0 Å². The number of anilines is 1. The van der Waals surface area contributed by atoms with Gasteiger partial charge in [-0.1, -0.05) is 37.3 Å². The fourth-order valence-electron chi connectivity index (χ4n) is 3.30. The Kier molecular flexibility index (Phi) is 5.49. The summed E-state index contributed by atoms with van der Waals surface area (Å²) in [5.74, 6) is -0.172. The van der Waals surface area contributed by atoms with E-state index in [2.05, 4.69) is 18.3 Å². The van der Waals surface area contributed by atoms with Crippen molar-refractivity contribution in [1.29, 1.82) is 0 Å². The number of amides is 1. The fourth-order valence-corrected chi connectivity index (χ4v) is 3.30. The van der Waals surface area contributed by atoms with E-state index >= 15 is 0 Å². The number of benzene rings is 2. The predicted molar refractivity (Wildman–Crippen MR) is 98.1 cm³/mol. The molecule has 25 heavy (non-hydrogen) atoms. The van der Waals surface area contributed by atoms with Crippen LogP contribution in [0.5, 0.6) is 0 Å². The molecule has 0 aromatic heterocycles. The van der Waals surface area contributed by atoms with Crippen LogP contribution in [0.25, 0.3) is 0 Å². The van der Waals surface area contributed by atoms with Crippen LogP contribution in [0, 0.1) is 12.7 Å². The second kappa shape index (κ2) is 7.79. The smallest absolute Gasteiger partial charge is 0.279 e. The van der Waals surface area contributed by atoms with Crippen LogP contribution >= 0.6 is 0 Å². The summed E-state index contributed by atoms with van der Waals surface area (Å²) in [7, 11) is 0. The molecule has 2 N–H and O–H groups in total. The number of aryl methyl sites for hydroxylation is 2. The fraction of sp³-hybridized carbons (Fsp3) is 0.381. The highest BCUT2D eigenvalue weighted by atomic mass is 19.1. The Balaban J connectivity index is 1.66. The molecule has 1 unspecified atom stereocenters. The SMILES string of the molecule is CCc1cccc(C)c1NC(=O)C[NH+](Cc1ccc(F)cc1)C1CC1. The lowest BCUT2D eigenvalue weighted by atomic mass is 10.1. The van der Waals surface area contributed by atoms with Gasteiger partial charge in [0.05, 0.1) is 6.04 Å². The van der Waals surface area contributed by atoms with Crippen LogP contribution in [-0.2, 0) is 17.8 Å². The number of carbonyl (C=O) groups is 1. The van der Waals surface area contributed by atoms with Gasteiger partial charge < -0.3 is 10.2 Å². The minimum atomic E-state index is -0.221. The zero-order valence-corrected chi connectivity index (χ0v) is 14.9. The molecule has 3 rings (SSSR count). The van der Waals surface area contributed by atoms with E-state index in [1.165, 1.54) is 22.6 Å². The highest BCUT2D eigenvalue weighted by Gasteiger charge is 2.34. The van der Waals surface area contributed by atoms with Gasteiger partial charge in [0.15, 0.2) is 6.54 Å². The maximum Gasteiger partial charge on any atom is 0.279 e. The minimum Gasteiger partial charge on any atom is -0.321 e. The standard InChI is InChI=1S/C21H25FN2O/c1-3-17-6-4-5-15(2)21(17)23-20(25)14-24(19-11-12-19)13-16-7-9-18(22)10-8-16/h4-10,19H,3,11-14H2,1-2H3,(H,23,25)/p+1. The second-order valence-electron chi connectivity index (χ2n) is 6.92. The molecule has 1 fully saturated rings. The summed E-state index contributed by atoms with van der Waals surface area (Å²) in [5.41, 5.74) is 4.28. The van der Waals surface area contributed by atoms with Crippen molar-refractivity contribution in [1.82, 2.24) is 0 Å². The molecule has 2 aromatic rings. The first-order valence-corrected chi connectivity index (χ1v) is 9.04. The molecule has 1 amide bonds. The third-order valence-electron chi connectivity index (χ3n) is 4.89. The lowest BCUT2D eigenvalue weighted by molar-refractivity contribution is -0.916. The quantitative estimate of drug-likeness (QED) is 0.798. The molecular formula is C21H26FN2O+. The van der Waals surface area contributed by atoms with Gasteiger partial charge >= 0.3 is 0 Å². The lowest BCUT2D eigenvalue weighted by Gasteiger charge is -2.20. The molecule has 132 valence electrons. The number of halogens is 1. The van der Waals surface area contributed by atoms with Crippen LogP contribution in [0.3, 0.4) is 0 Å². The molecule has 0 aliphatic heterocycles. The van der Waals surface area contributed by atoms with Gasteiger partial charge in [0.2, 0.25) is 0 Å². The zero-order valence-electron chi connectivity index (χ0n) is 14.9. The molecule has 1 aliphatic rings.